The molecule has 0 bridgehead atoms. The molecule has 6 fully saturated rings. The Bertz CT molecular complexity index is 2390. The molecule has 3 amide bonds. The van der Waals surface area contributed by atoms with E-state index in [1.165, 1.54) is 0 Å². The number of hydrogen-bond donors (Lipinski definition) is 20. The molecule has 1 unspecified atom stereocenters. The van der Waals surface area contributed by atoms with E-state index in [9.17, 15) is 108 Å². The molecule has 20 N–H and O–H groups in total. The molecule has 6 saturated heterocycles. The van der Waals surface area contributed by atoms with Gasteiger partial charge < -0.3 is 145 Å². The molecule has 6 aliphatic heterocycles. The van der Waals surface area contributed by atoms with Crippen LogP contribution in [-0.2, 0) is 95.7 Å². The van der Waals surface area contributed by atoms with Crippen molar-refractivity contribution < 1.29 is 177 Å². The SMILES string of the molecule is CC(=O)N[C@H]1[C@H](OC[C@H]2OC(O)[C@H](NC(C)=O)[C@@H](O[C@@H]3O[C@H](CO)[C@H](O)[C@H](O[C@@H]4O[C@H](CO)[C@@H](O[C@@H]5O[C@H](COS(=O)(=O)O)[C@H](O)[C@H](O)[C@H]5O)[C@H](O)[C@H]4NC(C)=O)[C@H]3O)[C@H]2O)O[C@H](CO)[C@@H](O[C@@H]2O[C@H](COS(=O)(=O)O)[C@H](O)[C@H](O)[C@H]2O)[C@@H]1O. The third-order valence-corrected chi connectivity index (χ3v) is 14.9. The summed E-state index contributed by atoms with van der Waals surface area (Å²) in [4.78, 5) is 37.5. The molecule has 30 atom stereocenters. The zero-order valence-electron chi connectivity index (χ0n) is 44.1. The van der Waals surface area contributed by atoms with Gasteiger partial charge in [0.1, 0.15) is 146 Å². The number of carbonyl (C=O) groups is 3. The minimum absolute atomic E-state index is 0.856. The van der Waals surface area contributed by atoms with Crippen LogP contribution in [0.1, 0.15) is 20.8 Å². The zero-order chi connectivity index (χ0) is 62.6. The van der Waals surface area contributed by atoms with Crippen LogP contribution < -0.4 is 16.0 Å². The molecule has 0 aromatic rings. The van der Waals surface area contributed by atoms with E-state index in [0.29, 0.717) is 0 Å². The van der Waals surface area contributed by atoms with E-state index >= 15 is 0 Å². The molecular formula is C42H71N3O37S2. The van der Waals surface area contributed by atoms with Crippen LogP contribution in [0.5, 0.6) is 0 Å². The van der Waals surface area contributed by atoms with Gasteiger partial charge in [0.15, 0.2) is 37.7 Å². The molecular weight excluding hydrogens is 1200 g/mol. The molecule has 0 radical (unpaired) electrons. The van der Waals surface area contributed by atoms with Crippen LogP contribution in [0.4, 0.5) is 0 Å². The van der Waals surface area contributed by atoms with Gasteiger partial charge in [0, 0.05) is 20.8 Å². The van der Waals surface area contributed by atoms with Gasteiger partial charge in [-0.05, 0) is 0 Å². The molecule has 0 saturated carbocycles. The van der Waals surface area contributed by atoms with Crippen LogP contribution in [0.2, 0.25) is 0 Å². The normalized spacial score (nSPS) is 45.1. The van der Waals surface area contributed by atoms with Crippen LogP contribution in [0.25, 0.3) is 0 Å². The highest BCUT2D eigenvalue weighted by molar-refractivity contribution is 7.81. The fraction of sp³-hybridized carbons (Fsp3) is 0.929. The minimum atomic E-state index is -5.14. The summed E-state index contributed by atoms with van der Waals surface area (Å²) in [6.45, 7) is -3.55. The Hall–Kier alpha value is -2.89. The lowest BCUT2D eigenvalue weighted by Gasteiger charge is -2.50. The highest BCUT2D eigenvalue weighted by atomic mass is 32.3. The number of hydrogen-bond acceptors (Lipinski definition) is 35. The Morgan fingerprint density at radius 2 is 0.714 bits per heavy atom. The van der Waals surface area contributed by atoms with Gasteiger partial charge in [-0.2, -0.15) is 16.8 Å². The predicted octanol–water partition coefficient (Wildman–Crippen LogP) is -14.0. The van der Waals surface area contributed by atoms with Crippen LogP contribution >= 0.6 is 0 Å². The number of rotatable bonds is 23. The lowest BCUT2D eigenvalue weighted by Crippen LogP contribution is -2.70. The number of aliphatic hydroxyl groups is 15. The number of nitrogens with one attached hydrogen (secondary N) is 3. The molecule has 0 aromatic carbocycles. The molecule has 6 aliphatic rings. The lowest BCUT2D eigenvalue weighted by atomic mass is 9.94. The Morgan fingerprint density at radius 1 is 0.369 bits per heavy atom. The van der Waals surface area contributed by atoms with Gasteiger partial charge in [0.05, 0.1) is 39.6 Å². The number of carbonyl (C=O) groups excluding carboxylic acids is 3. The number of ether oxygens (including phenoxy) is 11. The van der Waals surface area contributed by atoms with Crippen molar-refractivity contribution in [2.75, 3.05) is 39.6 Å². The largest absolute Gasteiger partial charge is 0.397 e. The van der Waals surface area contributed by atoms with Gasteiger partial charge in [-0.3, -0.25) is 23.5 Å². The third kappa shape index (κ3) is 17.1. The summed E-state index contributed by atoms with van der Waals surface area (Å²) in [7, 11) is -10.3. The van der Waals surface area contributed by atoms with Crippen molar-refractivity contribution in [3.8, 4) is 0 Å². The maximum Gasteiger partial charge on any atom is 0.397 e. The Labute approximate surface area is 475 Å². The van der Waals surface area contributed by atoms with Gasteiger partial charge in [0.25, 0.3) is 0 Å². The van der Waals surface area contributed by atoms with Crippen molar-refractivity contribution in [3.05, 3.63) is 0 Å². The molecule has 42 heteroatoms. The van der Waals surface area contributed by atoms with Crippen LogP contribution in [0.3, 0.4) is 0 Å². The van der Waals surface area contributed by atoms with E-state index in [0.717, 1.165) is 20.8 Å². The van der Waals surface area contributed by atoms with Crippen molar-refractivity contribution >= 4 is 38.5 Å². The standard InChI is InChI=1S/C42H71N3O37S2/c1-10(49)43-19-26(56)33(79-40-30(60)28(58)22(52)17(77-40)8-71-83(64,65)66)14(5-47)75-38(19)70-7-16-25(55)35(21(37(63)73-16)45-12(3)51)81-42-32(62)36(24(54)13(4-46)74-42)82-39-20(44-11(2)50)27(57)34(15(6-48)76-39)80-41-31(61)29(59)23(53)18(78-41)9-72-84(67,68)69/h13-42,46-48,52-63H,4-9H2,1-3H3,(H,43,49)(H,44,50)(H,45,51)(H,64,65,66)(H,67,68,69)/t13-,14-,15-,16-,17-,18-,19-,20-,21-,22+,23+,24+,25+,26-,27-,28+,29+,30-,31-,32-,33-,34-,35-,36+,37?,38-,39+,40+,41+,42+/m1/s1. The van der Waals surface area contributed by atoms with Crippen molar-refractivity contribution in [1.82, 2.24) is 16.0 Å². The van der Waals surface area contributed by atoms with Crippen LogP contribution in [0.15, 0.2) is 0 Å². The number of aliphatic hydroxyl groups excluding tert-OH is 15. The van der Waals surface area contributed by atoms with Gasteiger partial charge in [-0.25, -0.2) is 8.37 Å². The maximum absolute atomic E-state index is 12.6. The molecule has 6 rings (SSSR count). The van der Waals surface area contributed by atoms with Crippen molar-refractivity contribution in [2.24, 2.45) is 0 Å². The summed E-state index contributed by atoms with van der Waals surface area (Å²) in [6, 6.07) is -5.38. The average molecular weight is 1270 g/mol. The second kappa shape index (κ2) is 29.6. The molecule has 488 valence electrons. The summed E-state index contributed by atoms with van der Waals surface area (Å²) in [5, 5.41) is 171. The monoisotopic (exact) mass is 1270 g/mol. The lowest BCUT2D eigenvalue weighted by molar-refractivity contribution is -0.376. The molecule has 0 aliphatic carbocycles. The summed E-state index contributed by atoms with van der Waals surface area (Å²) < 4.78 is 134. The van der Waals surface area contributed by atoms with Crippen molar-refractivity contribution in [1.29, 1.82) is 0 Å². The second-order valence-electron chi connectivity index (χ2n) is 20.1. The smallest absolute Gasteiger partial charge is 0.394 e. The summed E-state index contributed by atoms with van der Waals surface area (Å²) in [6.07, 6.45) is -54.5. The van der Waals surface area contributed by atoms with E-state index in [1.54, 1.807) is 0 Å². The second-order valence-corrected chi connectivity index (χ2v) is 22.2. The van der Waals surface area contributed by atoms with Gasteiger partial charge >= 0.3 is 20.8 Å². The predicted molar refractivity (Wildman–Crippen MR) is 255 cm³/mol. The minimum Gasteiger partial charge on any atom is -0.394 e. The quantitative estimate of drug-likeness (QED) is 0.0422. The van der Waals surface area contributed by atoms with Crippen LogP contribution in [0, 0.1) is 0 Å². The molecule has 0 spiro atoms. The highest BCUT2D eigenvalue weighted by Crippen LogP contribution is 2.36. The molecule has 6 heterocycles. The maximum atomic E-state index is 12.6. The molecule has 0 aromatic heterocycles. The van der Waals surface area contributed by atoms with E-state index in [2.05, 4.69) is 24.3 Å². The van der Waals surface area contributed by atoms with Gasteiger partial charge in [-0.15, -0.1) is 0 Å². The molecule has 40 nitrogen and oxygen atoms in total. The first-order chi connectivity index (χ1) is 39.2. The van der Waals surface area contributed by atoms with Crippen LogP contribution in [-0.4, -0.2) is 344 Å². The van der Waals surface area contributed by atoms with E-state index < -0.39 is 262 Å². The first-order valence-corrected chi connectivity index (χ1v) is 28.1. The fourth-order valence-corrected chi connectivity index (χ4v) is 10.5. The van der Waals surface area contributed by atoms with Crippen molar-refractivity contribution in [2.45, 2.75) is 205 Å². The Kier molecular flexibility index (Phi) is 24.8. The first-order valence-electron chi connectivity index (χ1n) is 25.4. The van der Waals surface area contributed by atoms with E-state index in [-0.39, 0.29) is 0 Å². The fourth-order valence-electron chi connectivity index (χ4n) is 9.90. The average Bonchev–Trinajstić information content (AvgIpc) is 1.58. The first kappa shape index (κ1) is 70.2. The summed E-state index contributed by atoms with van der Waals surface area (Å²) in [5.41, 5.74) is 0. The van der Waals surface area contributed by atoms with Crippen molar-refractivity contribution in [3.63, 3.8) is 0 Å². The Morgan fingerprint density at radius 3 is 1.14 bits per heavy atom. The number of amides is 3. The zero-order valence-corrected chi connectivity index (χ0v) is 45.8. The molecule has 84 heavy (non-hydrogen) atoms. The van der Waals surface area contributed by atoms with Gasteiger partial charge in [0.2, 0.25) is 17.7 Å². The summed E-state index contributed by atoms with van der Waals surface area (Å²) in [5.74, 6) is -2.64. The highest BCUT2D eigenvalue weighted by Gasteiger charge is 2.58. The summed E-state index contributed by atoms with van der Waals surface area (Å²) >= 11 is 0. The van der Waals surface area contributed by atoms with E-state index in [4.69, 9.17) is 61.2 Å². The third-order valence-electron chi connectivity index (χ3n) is 14.0. The Balaban J connectivity index is 1.19. The topological polar surface area (TPSA) is 619 Å². The van der Waals surface area contributed by atoms with Gasteiger partial charge in [-0.1, -0.05) is 0 Å². The van der Waals surface area contributed by atoms with E-state index in [1.807, 2.05) is 0 Å².